The van der Waals surface area contributed by atoms with Gasteiger partial charge in [0.05, 0.1) is 12.8 Å². The molecule has 1 aromatic heterocycles. The summed E-state index contributed by atoms with van der Waals surface area (Å²) in [6, 6.07) is 1.78. The molecule has 0 fully saturated rings. The van der Waals surface area contributed by atoms with Gasteiger partial charge < -0.3 is 10.5 Å². The molecule has 14 heavy (non-hydrogen) atoms. The standard InChI is InChI=1S/C10H13NO2S/c1-6(2)4-7-5-8(11)9(14-7)10(12)13-3/h4-5H,11H2,1-3H3. The van der Waals surface area contributed by atoms with E-state index in [-0.39, 0.29) is 5.97 Å². The molecular weight excluding hydrogens is 198 g/mol. The number of esters is 1. The third kappa shape index (κ3) is 2.35. The van der Waals surface area contributed by atoms with Crippen LogP contribution in [-0.2, 0) is 4.74 Å². The third-order valence-electron chi connectivity index (χ3n) is 1.58. The lowest BCUT2D eigenvalue weighted by atomic mass is 10.3. The van der Waals surface area contributed by atoms with Gasteiger partial charge in [0.25, 0.3) is 0 Å². The summed E-state index contributed by atoms with van der Waals surface area (Å²) in [5.74, 6) is -0.374. The maximum atomic E-state index is 11.2. The summed E-state index contributed by atoms with van der Waals surface area (Å²) in [6.45, 7) is 3.99. The van der Waals surface area contributed by atoms with Crippen LogP contribution in [0.3, 0.4) is 0 Å². The van der Waals surface area contributed by atoms with E-state index in [4.69, 9.17) is 5.73 Å². The predicted molar refractivity (Wildman–Crippen MR) is 59.4 cm³/mol. The zero-order valence-electron chi connectivity index (χ0n) is 8.46. The monoisotopic (exact) mass is 211 g/mol. The van der Waals surface area contributed by atoms with Crippen molar-refractivity contribution in [2.24, 2.45) is 0 Å². The van der Waals surface area contributed by atoms with Gasteiger partial charge >= 0.3 is 5.97 Å². The van der Waals surface area contributed by atoms with Crippen LogP contribution in [0.4, 0.5) is 5.69 Å². The third-order valence-corrected chi connectivity index (χ3v) is 2.66. The molecule has 1 rings (SSSR count). The fourth-order valence-electron chi connectivity index (χ4n) is 1.03. The molecular formula is C10H13NO2S. The number of allylic oxidation sites excluding steroid dienone is 1. The molecule has 2 N–H and O–H groups in total. The Labute approximate surface area is 87.2 Å². The summed E-state index contributed by atoms with van der Waals surface area (Å²) in [7, 11) is 1.35. The fraction of sp³-hybridized carbons (Fsp3) is 0.300. The summed E-state index contributed by atoms with van der Waals surface area (Å²) in [5, 5.41) is 0. The van der Waals surface area contributed by atoms with Crippen molar-refractivity contribution in [3.63, 3.8) is 0 Å². The van der Waals surface area contributed by atoms with Crippen molar-refractivity contribution in [3.8, 4) is 0 Å². The summed E-state index contributed by atoms with van der Waals surface area (Å²) >= 11 is 1.34. The minimum atomic E-state index is -0.374. The van der Waals surface area contributed by atoms with Crippen LogP contribution in [0.25, 0.3) is 6.08 Å². The summed E-state index contributed by atoms with van der Waals surface area (Å²) in [5.41, 5.74) is 7.32. The molecule has 0 aliphatic heterocycles. The number of thiophene rings is 1. The second-order valence-corrected chi connectivity index (χ2v) is 4.23. The van der Waals surface area contributed by atoms with Gasteiger partial charge in [0.1, 0.15) is 4.88 Å². The molecule has 0 aliphatic rings. The summed E-state index contributed by atoms with van der Waals surface area (Å²) < 4.78 is 4.61. The number of methoxy groups -OCH3 is 1. The summed E-state index contributed by atoms with van der Waals surface area (Å²) in [4.78, 5) is 12.7. The molecule has 0 radical (unpaired) electrons. The molecule has 0 spiro atoms. The predicted octanol–water partition coefficient (Wildman–Crippen LogP) is 2.54. The smallest absolute Gasteiger partial charge is 0.350 e. The number of nitrogen functional groups attached to an aromatic ring is 1. The first kappa shape index (κ1) is 10.8. The molecule has 3 nitrogen and oxygen atoms in total. The van der Waals surface area contributed by atoms with E-state index in [1.807, 2.05) is 19.9 Å². The quantitative estimate of drug-likeness (QED) is 0.765. The minimum absolute atomic E-state index is 0.374. The van der Waals surface area contributed by atoms with Crippen molar-refractivity contribution in [3.05, 3.63) is 21.4 Å². The Balaban J connectivity index is 3.05. The Bertz CT molecular complexity index is 375. The molecule has 1 heterocycles. The molecule has 0 saturated carbocycles. The number of rotatable bonds is 2. The molecule has 0 aliphatic carbocycles. The molecule has 76 valence electrons. The average Bonchev–Trinajstić information content (AvgIpc) is 2.44. The van der Waals surface area contributed by atoms with Gasteiger partial charge in [0.2, 0.25) is 0 Å². The highest BCUT2D eigenvalue weighted by Crippen LogP contribution is 2.27. The van der Waals surface area contributed by atoms with Crippen LogP contribution in [0, 0.1) is 0 Å². The van der Waals surface area contributed by atoms with Crippen molar-refractivity contribution in [1.82, 2.24) is 0 Å². The highest BCUT2D eigenvalue weighted by atomic mass is 32.1. The van der Waals surface area contributed by atoms with Gasteiger partial charge in [-0.25, -0.2) is 4.79 Å². The number of carbonyl (C=O) groups excluding carboxylic acids is 1. The molecule has 0 unspecified atom stereocenters. The maximum absolute atomic E-state index is 11.2. The molecule has 0 amide bonds. The topological polar surface area (TPSA) is 52.3 Å². The van der Waals surface area contributed by atoms with Crippen molar-refractivity contribution in [1.29, 1.82) is 0 Å². The lowest BCUT2D eigenvalue weighted by Crippen LogP contribution is -2.00. The number of hydrogen-bond donors (Lipinski definition) is 1. The van der Waals surface area contributed by atoms with Crippen molar-refractivity contribution in [2.45, 2.75) is 13.8 Å². The fourth-order valence-corrected chi connectivity index (χ4v) is 2.09. The van der Waals surface area contributed by atoms with Gasteiger partial charge in [0.15, 0.2) is 0 Å². The van der Waals surface area contributed by atoms with Gasteiger partial charge in [0, 0.05) is 4.88 Å². The van der Waals surface area contributed by atoms with Crippen LogP contribution >= 0.6 is 11.3 Å². The maximum Gasteiger partial charge on any atom is 0.350 e. The van der Waals surface area contributed by atoms with Crippen LogP contribution in [0.2, 0.25) is 0 Å². The van der Waals surface area contributed by atoms with E-state index < -0.39 is 0 Å². The normalized spacial score (nSPS) is 9.64. The van der Waals surface area contributed by atoms with E-state index in [2.05, 4.69) is 4.74 Å². The zero-order valence-corrected chi connectivity index (χ0v) is 9.27. The second kappa shape index (κ2) is 4.28. The van der Waals surface area contributed by atoms with Gasteiger partial charge in [-0.05, 0) is 26.0 Å². The number of ether oxygens (including phenoxy) is 1. The van der Waals surface area contributed by atoms with Crippen LogP contribution in [-0.4, -0.2) is 13.1 Å². The second-order valence-electron chi connectivity index (χ2n) is 3.15. The van der Waals surface area contributed by atoms with Gasteiger partial charge in [-0.3, -0.25) is 0 Å². The molecule has 1 aromatic rings. The molecule has 0 aromatic carbocycles. The molecule has 0 bridgehead atoms. The Morgan fingerprint density at radius 2 is 2.21 bits per heavy atom. The van der Waals surface area contributed by atoms with Gasteiger partial charge in [-0.1, -0.05) is 5.57 Å². The van der Waals surface area contributed by atoms with Crippen LogP contribution in [0.15, 0.2) is 11.6 Å². The van der Waals surface area contributed by atoms with E-state index in [1.54, 1.807) is 6.07 Å². The number of hydrogen-bond acceptors (Lipinski definition) is 4. The Kier molecular flexibility index (Phi) is 3.30. The SMILES string of the molecule is COC(=O)c1sc(C=C(C)C)cc1N. The first-order valence-corrected chi connectivity index (χ1v) is 4.98. The van der Waals surface area contributed by atoms with E-state index in [1.165, 1.54) is 24.0 Å². The number of nitrogens with two attached hydrogens (primary N) is 1. The van der Waals surface area contributed by atoms with E-state index in [0.29, 0.717) is 10.6 Å². The first-order valence-electron chi connectivity index (χ1n) is 4.17. The molecule has 0 atom stereocenters. The first-order chi connectivity index (χ1) is 6.54. The van der Waals surface area contributed by atoms with Crippen LogP contribution in [0.5, 0.6) is 0 Å². The molecule has 4 heteroatoms. The van der Waals surface area contributed by atoms with E-state index in [0.717, 1.165) is 4.88 Å². The number of anilines is 1. The van der Waals surface area contributed by atoms with Gasteiger partial charge in [-0.2, -0.15) is 0 Å². The Morgan fingerprint density at radius 1 is 1.57 bits per heavy atom. The van der Waals surface area contributed by atoms with Crippen molar-refractivity contribution >= 4 is 29.1 Å². The van der Waals surface area contributed by atoms with Crippen molar-refractivity contribution < 1.29 is 9.53 Å². The average molecular weight is 211 g/mol. The highest BCUT2D eigenvalue weighted by molar-refractivity contribution is 7.15. The Hall–Kier alpha value is -1.29. The van der Waals surface area contributed by atoms with Gasteiger partial charge in [-0.15, -0.1) is 11.3 Å². The number of carbonyl (C=O) groups is 1. The summed E-state index contributed by atoms with van der Waals surface area (Å²) in [6.07, 6.45) is 1.98. The van der Waals surface area contributed by atoms with E-state index in [9.17, 15) is 4.79 Å². The lowest BCUT2D eigenvalue weighted by molar-refractivity contribution is 0.0607. The lowest BCUT2D eigenvalue weighted by Gasteiger charge is -1.94. The highest BCUT2D eigenvalue weighted by Gasteiger charge is 2.13. The van der Waals surface area contributed by atoms with Crippen LogP contribution < -0.4 is 5.73 Å². The van der Waals surface area contributed by atoms with Crippen molar-refractivity contribution in [2.75, 3.05) is 12.8 Å². The van der Waals surface area contributed by atoms with E-state index >= 15 is 0 Å². The van der Waals surface area contributed by atoms with Crippen LogP contribution in [0.1, 0.15) is 28.4 Å². The molecule has 0 saturated heterocycles. The largest absolute Gasteiger partial charge is 0.465 e. The minimum Gasteiger partial charge on any atom is -0.465 e. The Morgan fingerprint density at radius 3 is 2.71 bits per heavy atom. The zero-order chi connectivity index (χ0) is 10.7.